The van der Waals surface area contributed by atoms with Gasteiger partial charge >= 0.3 is 0 Å². The van der Waals surface area contributed by atoms with E-state index in [9.17, 15) is 0 Å². The predicted molar refractivity (Wildman–Crippen MR) is 109 cm³/mol. The molecule has 7 rings (SSSR count). The third-order valence-electron chi connectivity index (χ3n) is 10.1. The van der Waals surface area contributed by atoms with E-state index in [1.54, 1.807) is 11.1 Å². The van der Waals surface area contributed by atoms with Gasteiger partial charge in [-0.3, -0.25) is 0 Å². The Morgan fingerprint density at radius 2 is 2.04 bits per heavy atom. The highest BCUT2D eigenvalue weighted by atomic mass is 16.5. The average Bonchev–Trinajstić information content (AvgIpc) is 2.99. The number of piperidine rings is 1. The number of rotatable bonds is 1. The molecule has 2 aliphatic heterocycles. The second kappa shape index (κ2) is 4.93. The molecular weight excluding hydrogens is 330 g/mol. The summed E-state index contributed by atoms with van der Waals surface area (Å²) in [6, 6.07) is 7.63. The zero-order valence-electron chi connectivity index (χ0n) is 17.7. The second-order valence-electron chi connectivity index (χ2n) is 11.6. The number of likely N-dealkylation sites (N-methyl/N-ethyl adjacent to an activating group) is 1. The van der Waals surface area contributed by atoms with Gasteiger partial charge in [0.05, 0.1) is 0 Å². The summed E-state index contributed by atoms with van der Waals surface area (Å²) in [6.07, 6.45) is 7.21. The summed E-state index contributed by atoms with van der Waals surface area (Å²) < 4.78 is 6.92. The second-order valence-corrected chi connectivity index (χ2v) is 11.6. The molecule has 2 spiro atoms. The molecule has 4 unspecified atom stereocenters. The number of hydrogen-bond acceptors (Lipinski definition) is 2. The lowest BCUT2D eigenvalue weighted by atomic mass is 9.35. The Balaban J connectivity index is 1.58. The zero-order chi connectivity index (χ0) is 18.8. The molecule has 1 saturated heterocycles. The fraction of sp³-hybridized carbons (Fsp3) is 0.760. The van der Waals surface area contributed by atoms with Crippen LogP contribution in [0.3, 0.4) is 0 Å². The summed E-state index contributed by atoms with van der Waals surface area (Å²) in [6.45, 7) is 11.1. The highest BCUT2D eigenvalue weighted by Gasteiger charge is 2.75. The van der Waals surface area contributed by atoms with Crippen LogP contribution in [0.5, 0.6) is 5.75 Å². The van der Waals surface area contributed by atoms with Crippen LogP contribution in [0.1, 0.15) is 64.5 Å². The molecule has 0 N–H and O–H groups in total. The first-order chi connectivity index (χ1) is 12.8. The van der Waals surface area contributed by atoms with Crippen molar-refractivity contribution in [3.8, 4) is 5.75 Å². The first kappa shape index (κ1) is 16.9. The maximum absolute atomic E-state index is 6.92. The van der Waals surface area contributed by atoms with Crippen LogP contribution in [0, 0.1) is 28.6 Å². The third-order valence-corrected chi connectivity index (χ3v) is 10.1. The summed E-state index contributed by atoms with van der Waals surface area (Å²) in [5.74, 6) is 3.54. The van der Waals surface area contributed by atoms with E-state index >= 15 is 0 Å². The first-order valence-electron chi connectivity index (χ1n) is 11.3. The average molecular weight is 366 g/mol. The topological polar surface area (TPSA) is 12.5 Å². The van der Waals surface area contributed by atoms with Crippen molar-refractivity contribution in [2.45, 2.75) is 77.4 Å². The maximum Gasteiger partial charge on any atom is 0.123 e. The third kappa shape index (κ3) is 1.74. The summed E-state index contributed by atoms with van der Waals surface area (Å²) >= 11 is 0. The normalized spacial score (nSPS) is 45.4. The van der Waals surface area contributed by atoms with E-state index in [2.05, 4.69) is 57.8 Å². The molecule has 1 aromatic rings. The Morgan fingerprint density at radius 3 is 2.81 bits per heavy atom. The van der Waals surface area contributed by atoms with Gasteiger partial charge in [0.2, 0.25) is 0 Å². The van der Waals surface area contributed by atoms with Crippen molar-refractivity contribution in [1.29, 1.82) is 0 Å². The van der Waals surface area contributed by atoms with E-state index in [4.69, 9.17) is 4.74 Å². The fourth-order valence-electron chi connectivity index (χ4n) is 8.61. The smallest absolute Gasteiger partial charge is 0.123 e. The highest BCUT2D eigenvalue weighted by Crippen LogP contribution is 2.75. The fourth-order valence-corrected chi connectivity index (χ4v) is 8.61. The summed E-state index contributed by atoms with van der Waals surface area (Å²) in [5, 5.41) is 0. The Labute approximate surface area is 164 Å². The van der Waals surface area contributed by atoms with Crippen molar-refractivity contribution in [2.24, 2.45) is 28.6 Å². The summed E-state index contributed by atoms with van der Waals surface area (Å²) in [5.41, 5.74) is 4.38. The van der Waals surface area contributed by atoms with Crippen molar-refractivity contribution >= 4 is 0 Å². The SMILES string of the molecule is CC(C1CC23CCC1[C@@H]1Oc4cccc5c4[C@@]12CCN(C)[C@@H]3C5)C(C)(C)C. The van der Waals surface area contributed by atoms with Crippen molar-refractivity contribution in [3.63, 3.8) is 0 Å². The van der Waals surface area contributed by atoms with Crippen LogP contribution in [0.25, 0.3) is 0 Å². The van der Waals surface area contributed by atoms with E-state index in [0.29, 0.717) is 28.4 Å². The van der Waals surface area contributed by atoms with Gasteiger partial charge < -0.3 is 9.64 Å². The molecule has 0 aromatic heterocycles. The lowest BCUT2D eigenvalue weighted by Crippen LogP contribution is -2.76. The molecule has 4 fully saturated rings. The Hall–Kier alpha value is -1.02. The predicted octanol–water partition coefficient (Wildman–Crippen LogP) is 5.04. The molecule has 2 heteroatoms. The lowest BCUT2D eigenvalue weighted by molar-refractivity contribution is -0.208. The number of fused-ring (bicyclic) bond motifs is 2. The minimum Gasteiger partial charge on any atom is -0.489 e. The lowest BCUT2D eigenvalue weighted by Gasteiger charge is -2.72. The largest absolute Gasteiger partial charge is 0.489 e. The minimum absolute atomic E-state index is 0.311. The zero-order valence-corrected chi connectivity index (χ0v) is 17.7. The molecule has 6 aliphatic rings. The molecule has 2 heterocycles. The molecule has 3 saturated carbocycles. The van der Waals surface area contributed by atoms with Crippen LogP contribution in [0.15, 0.2) is 18.2 Å². The number of ether oxygens (including phenoxy) is 1. The van der Waals surface area contributed by atoms with Gasteiger partial charge in [-0.1, -0.05) is 39.8 Å². The molecular formula is C25H35NO. The number of benzene rings is 1. The van der Waals surface area contributed by atoms with Gasteiger partial charge in [0, 0.05) is 17.0 Å². The molecule has 4 bridgehead atoms. The molecule has 7 atom stereocenters. The van der Waals surface area contributed by atoms with E-state index in [1.165, 1.54) is 44.4 Å². The standard InChI is InChI=1S/C25H35NO/c1-15(23(2,3)4)18-14-24-10-9-17(18)22-25(24)11-12-26(5)20(24)13-16-7-6-8-19(27-22)21(16)25/h6-8,15,17-18,20,22H,9-14H2,1-5H3/t15?,17?,18?,20-,22+,24?,25+/m1/s1. The number of likely N-dealkylation sites (tertiary alicyclic amines) is 1. The molecule has 146 valence electrons. The molecule has 0 radical (unpaired) electrons. The van der Waals surface area contributed by atoms with Gasteiger partial charge in [0.1, 0.15) is 11.9 Å². The van der Waals surface area contributed by atoms with E-state index in [-0.39, 0.29) is 0 Å². The van der Waals surface area contributed by atoms with Crippen molar-refractivity contribution in [2.75, 3.05) is 13.6 Å². The van der Waals surface area contributed by atoms with E-state index in [1.807, 2.05) is 0 Å². The summed E-state index contributed by atoms with van der Waals surface area (Å²) in [4.78, 5) is 2.72. The number of hydrogen-bond donors (Lipinski definition) is 0. The highest BCUT2D eigenvalue weighted by molar-refractivity contribution is 5.57. The molecule has 27 heavy (non-hydrogen) atoms. The number of nitrogens with zero attached hydrogens (tertiary/aromatic N) is 1. The van der Waals surface area contributed by atoms with E-state index < -0.39 is 0 Å². The first-order valence-corrected chi connectivity index (χ1v) is 11.3. The van der Waals surface area contributed by atoms with Crippen molar-refractivity contribution in [1.82, 2.24) is 4.90 Å². The maximum atomic E-state index is 6.92. The van der Waals surface area contributed by atoms with Gasteiger partial charge in [-0.2, -0.15) is 0 Å². The van der Waals surface area contributed by atoms with Crippen LogP contribution >= 0.6 is 0 Å². The van der Waals surface area contributed by atoms with Gasteiger partial charge in [-0.15, -0.1) is 0 Å². The Morgan fingerprint density at radius 1 is 1.22 bits per heavy atom. The van der Waals surface area contributed by atoms with Crippen LogP contribution in [0.2, 0.25) is 0 Å². The molecule has 4 aliphatic carbocycles. The Kier molecular flexibility index (Phi) is 3.08. The van der Waals surface area contributed by atoms with Crippen LogP contribution in [-0.2, 0) is 11.8 Å². The van der Waals surface area contributed by atoms with Crippen molar-refractivity contribution in [3.05, 3.63) is 29.3 Å². The molecule has 1 aromatic carbocycles. The quantitative estimate of drug-likeness (QED) is 0.691. The van der Waals surface area contributed by atoms with Crippen LogP contribution in [0.4, 0.5) is 0 Å². The Bertz CT molecular complexity index is 809. The van der Waals surface area contributed by atoms with Crippen molar-refractivity contribution < 1.29 is 4.74 Å². The van der Waals surface area contributed by atoms with Crippen LogP contribution < -0.4 is 4.74 Å². The minimum atomic E-state index is 0.311. The van der Waals surface area contributed by atoms with Gasteiger partial charge in [0.15, 0.2) is 0 Å². The molecule has 0 amide bonds. The van der Waals surface area contributed by atoms with E-state index in [0.717, 1.165) is 17.8 Å². The monoisotopic (exact) mass is 365 g/mol. The molecule has 2 nitrogen and oxygen atoms in total. The van der Waals surface area contributed by atoms with Gasteiger partial charge in [-0.25, -0.2) is 0 Å². The van der Waals surface area contributed by atoms with Crippen LogP contribution in [-0.4, -0.2) is 30.6 Å². The van der Waals surface area contributed by atoms with Gasteiger partial charge in [0.25, 0.3) is 0 Å². The summed E-state index contributed by atoms with van der Waals surface area (Å²) in [7, 11) is 2.40. The van der Waals surface area contributed by atoms with Gasteiger partial charge in [-0.05, 0) is 85.9 Å².